The van der Waals surface area contributed by atoms with Gasteiger partial charge >= 0.3 is 0 Å². The van der Waals surface area contributed by atoms with Crippen LogP contribution in [0.5, 0.6) is 0 Å². The number of nitrogens with zero attached hydrogens (tertiary/aromatic N) is 1. The molecule has 2 nitrogen and oxygen atoms in total. The number of thiophene rings is 1. The molecule has 0 saturated heterocycles. The van der Waals surface area contributed by atoms with E-state index in [1.807, 2.05) is 19.3 Å². The van der Waals surface area contributed by atoms with Crippen LogP contribution in [-0.4, -0.2) is 12.0 Å². The van der Waals surface area contributed by atoms with E-state index in [1.54, 1.807) is 11.3 Å². The number of aromatic nitrogens is 1. The molecule has 0 aliphatic rings. The van der Waals surface area contributed by atoms with Gasteiger partial charge in [0.05, 0.1) is 10.6 Å². The van der Waals surface area contributed by atoms with Crippen LogP contribution in [0.15, 0.2) is 29.8 Å². The summed E-state index contributed by atoms with van der Waals surface area (Å²) in [6.07, 6.45) is 1.83. The van der Waals surface area contributed by atoms with Gasteiger partial charge in [-0.15, -0.1) is 11.3 Å². The van der Waals surface area contributed by atoms with Crippen molar-refractivity contribution in [3.63, 3.8) is 0 Å². The molecule has 0 radical (unpaired) electrons. The standard InChI is InChI=1S/C11H12N2S/c1-8-4-6-14-11(8)10-7-9(12-2)3-5-13-10/h3-7H,1-2H3,(H,12,13). The quantitative estimate of drug-likeness (QED) is 0.812. The second kappa shape index (κ2) is 3.80. The van der Waals surface area contributed by atoms with Crippen LogP contribution < -0.4 is 5.32 Å². The third kappa shape index (κ3) is 1.63. The summed E-state index contributed by atoms with van der Waals surface area (Å²) in [5.74, 6) is 0. The van der Waals surface area contributed by atoms with Crippen LogP contribution in [0, 0.1) is 6.92 Å². The van der Waals surface area contributed by atoms with Crippen molar-refractivity contribution < 1.29 is 0 Å². The lowest BCUT2D eigenvalue weighted by atomic mass is 10.2. The largest absolute Gasteiger partial charge is 0.388 e. The minimum atomic E-state index is 1.05. The highest BCUT2D eigenvalue weighted by atomic mass is 32.1. The van der Waals surface area contributed by atoms with E-state index >= 15 is 0 Å². The van der Waals surface area contributed by atoms with E-state index in [0.717, 1.165) is 11.4 Å². The molecule has 0 spiro atoms. The zero-order chi connectivity index (χ0) is 9.97. The molecule has 0 aliphatic carbocycles. The van der Waals surface area contributed by atoms with Crippen molar-refractivity contribution >= 4 is 17.0 Å². The van der Waals surface area contributed by atoms with Gasteiger partial charge in [-0.05, 0) is 36.1 Å². The average molecular weight is 204 g/mol. The van der Waals surface area contributed by atoms with Crippen LogP contribution in [0.3, 0.4) is 0 Å². The zero-order valence-corrected chi connectivity index (χ0v) is 9.06. The highest BCUT2D eigenvalue weighted by Gasteiger charge is 2.04. The normalized spacial score (nSPS) is 10.1. The molecule has 0 aromatic carbocycles. The summed E-state index contributed by atoms with van der Waals surface area (Å²) in [4.78, 5) is 5.61. The van der Waals surface area contributed by atoms with Gasteiger partial charge in [0.15, 0.2) is 0 Å². The Morgan fingerprint density at radius 2 is 2.21 bits per heavy atom. The van der Waals surface area contributed by atoms with Crippen molar-refractivity contribution in [1.82, 2.24) is 4.98 Å². The molecule has 0 aliphatic heterocycles. The Hall–Kier alpha value is -1.35. The fraction of sp³-hybridized carbons (Fsp3) is 0.182. The molecule has 0 unspecified atom stereocenters. The first-order valence-electron chi connectivity index (χ1n) is 4.49. The molecule has 0 fully saturated rings. The predicted octanol–water partition coefficient (Wildman–Crippen LogP) is 3.16. The summed E-state index contributed by atoms with van der Waals surface area (Å²) >= 11 is 1.73. The molecule has 2 aromatic heterocycles. The molecule has 2 heterocycles. The third-order valence-electron chi connectivity index (χ3n) is 2.14. The molecule has 14 heavy (non-hydrogen) atoms. The van der Waals surface area contributed by atoms with Crippen molar-refractivity contribution in [2.45, 2.75) is 6.92 Å². The van der Waals surface area contributed by atoms with E-state index in [9.17, 15) is 0 Å². The first kappa shape index (κ1) is 9.21. The maximum Gasteiger partial charge on any atom is 0.0824 e. The van der Waals surface area contributed by atoms with Gasteiger partial charge in [0, 0.05) is 18.9 Å². The van der Waals surface area contributed by atoms with Gasteiger partial charge in [-0.3, -0.25) is 4.98 Å². The monoisotopic (exact) mass is 204 g/mol. The van der Waals surface area contributed by atoms with Gasteiger partial charge in [0.25, 0.3) is 0 Å². The maximum absolute atomic E-state index is 4.36. The van der Waals surface area contributed by atoms with Crippen molar-refractivity contribution in [2.24, 2.45) is 0 Å². The fourth-order valence-electron chi connectivity index (χ4n) is 1.35. The van der Waals surface area contributed by atoms with Crippen LogP contribution in [-0.2, 0) is 0 Å². The maximum atomic E-state index is 4.36. The molecule has 2 rings (SSSR count). The zero-order valence-electron chi connectivity index (χ0n) is 8.24. The molecular formula is C11H12N2S. The van der Waals surface area contributed by atoms with Gasteiger partial charge in [-0.1, -0.05) is 0 Å². The van der Waals surface area contributed by atoms with Crippen molar-refractivity contribution in [3.8, 4) is 10.6 Å². The number of hydrogen-bond acceptors (Lipinski definition) is 3. The molecule has 0 saturated carbocycles. The second-order valence-corrected chi connectivity index (χ2v) is 4.03. The van der Waals surface area contributed by atoms with Crippen molar-refractivity contribution in [3.05, 3.63) is 35.3 Å². The summed E-state index contributed by atoms with van der Waals surface area (Å²) in [7, 11) is 1.92. The first-order valence-corrected chi connectivity index (χ1v) is 5.37. The number of rotatable bonds is 2. The van der Waals surface area contributed by atoms with E-state index in [0.29, 0.717) is 0 Å². The Balaban J connectivity index is 2.47. The molecule has 1 N–H and O–H groups in total. The molecule has 72 valence electrons. The molecule has 0 atom stereocenters. The summed E-state index contributed by atoms with van der Waals surface area (Å²) in [5, 5.41) is 5.21. The fourth-order valence-corrected chi connectivity index (χ4v) is 2.24. The van der Waals surface area contributed by atoms with Crippen LogP contribution in [0.4, 0.5) is 5.69 Å². The van der Waals surface area contributed by atoms with E-state index < -0.39 is 0 Å². The van der Waals surface area contributed by atoms with Gasteiger partial charge < -0.3 is 5.32 Å². The highest BCUT2D eigenvalue weighted by Crippen LogP contribution is 2.28. The number of pyridine rings is 1. The summed E-state index contributed by atoms with van der Waals surface area (Å²) in [5.41, 5.74) is 3.43. The van der Waals surface area contributed by atoms with Crippen molar-refractivity contribution in [2.75, 3.05) is 12.4 Å². The Bertz CT molecular complexity index is 434. The van der Waals surface area contributed by atoms with Crippen molar-refractivity contribution in [1.29, 1.82) is 0 Å². The van der Waals surface area contributed by atoms with E-state index in [-0.39, 0.29) is 0 Å². The lowest BCUT2D eigenvalue weighted by molar-refractivity contribution is 1.32. The molecule has 0 bridgehead atoms. The van der Waals surface area contributed by atoms with Crippen LogP contribution >= 0.6 is 11.3 Å². The predicted molar refractivity (Wildman–Crippen MR) is 61.8 cm³/mol. The lowest BCUT2D eigenvalue weighted by Crippen LogP contribution is -1.89. The third-order valence-corrected chi connectivity index (χ3v) is 3.18. The minimum Gasteiger partial charge on any atom is -0.388 e. The van der Waals surface area contributed by atoms with Gasteiger partial charge in [0.2, 0.25) is 0 Å². The van der Waals surface area contributed by atoms with E-state index in [2.05, 4.69) is 34.7 Å². The van der Waals surface area contributed by atoms with E-state index in [4.69, 9.17) is 0 Å². The number of hydrogen-bond donors (Lipinski definition) is 1. The Kier molecular flexibility index (Phi) is 2.50. The first-order chi connectivity index (χ1) is 6.81. The van der Waals surface area contributed by atoms with Gasteiger partial charge in [-0.25, -0.2) is 0 Å². The minimum absolute atomic E-state index is 1.05. The Morgan fingerprint density at radius 1 is 1.36 bits per heavy atom. The molecule has 2 aromatic rings. The Morgan fingerprint density at radius 3 is 2.86 bits per heavy atom. The summed E-state index contributed by atoms with van der Waals surface area (Å²) in [6.45, 7) is 2.11. The highest BCUT2D eigenvalue weighted by molar-refractivity contribution is 7.13. The SMILES string of the molecule is CNc1ccnc(-c2sccc2C)c1. The number of nitrogens with one attached hydrogen (secondary N) is 1. The topological polar surface area (TPSA) is 24.9 Å². The Labute approximate surface area is 87.6 Å². The van der Waals surface area contributed by atoms with Crippen LogP contribution in [0.2, 0.25) is 0 Å². The summed E-state index contributed by atoms with van der Waals surface area (Å²) < 4.78 is 0. The second-order valence-electron chi connectivity index (χ2n) is 3.11. The number of aryl methyl sites for hydroxylation is 1. The molecule has 0 amide bonds. The summed E-state index contributed by atoms with van der Waals surface area (Å²) in [6, 6.07) is 6.15. The molecular weight excluding hydrogens is 192 g/mol. The smallest absolute Gasteiger partial charge is 0.0824 e. The van der Waals surface area contributed by atoms with E-state index in [1.165, 1.54) is 10.4 Å². The average Bonchev–Trinajstić information content (AvgIpc) is 2.65. The van der Waals surface area contributed by atoms with Crippen LogP contribution in [0.25, 0.3) is 10.6 Å². The number of anilines is 1. The lowest BCUT2D eigenvalue weighted by Gasteiger charge is -2.02. The molecule has 3 heteroatoms. The van der Waals surface area contributed by atoms with Gasteiger partial charge in [-0.2, -0.15) is 0 Å². The van der Waals surface area contributed by atoms with Crippen LogP contribution in [0.1, 0.15) is 5.56 Å². The van der Waals surface area contributed by atoms with Gasteiger partial charge in [0.1, 0.15) is 0 Å².